The molecule has 0 saturated carbocycles. The summed E-state index contributed by atoms with van der Waals surface area (Å²) in [5, 5.41) is 9.21. The molecular weight excluding hydrogens is 242 g/mol. The van der Waals surface area contributed by atoms with Gasteiger partial charge in [-0.2, -0.15) is 0 Å². The molecule has 1 atom stereocenters. The smallest absolute Gasteiger partial charge is 0.310 e. The molecule has 1 N–H and O–H groups in total. The number of hydrogen-bond acceptors (Lipinski definition) is 4. The number of carbonyl (C=O) groups is 1. The fourth-order valence-electron chi connectivity index (χ4n) is 2.18. The molecule has 100 valence electrons. The highest BCUT2D eigenvalue weighted by molar-refractivity contribution is 7.91. The molecule has 0 aliphatic carbocycles. The molecule has 0 amide bonds. The van der Waals surface area contributed by atoms with Gasteiger partial charge in [0.25, 0.3) is 0 Å². The summed E-state index contributed by atoms with van der Waals surface area (Å²) in [7, 11) is -2.96. The Kier molecular flexibility index (Phi) is 4.55. The summed E-state index contributed by atoms with van der Waals surface area (Å²) in [6.07, 6.45) is 1.21. The van der Waals surface area contributed by atoms with Crippen LogP contribution < -0.4 is 0 Å². The molecule has 6 heteroatoms. The Morgan fingerprint density at radius 2 is 2.06 bits per heavy atom. The van der Waals surface area contributed by atoms with Gasteiger partial charge in [-0.25, -0.2) is 8.42 Å². The van der Waals surface area contributed by atoms with Crippen LogP contribution in [0.15, 0.2) is 0 Å². The van der Waals surface area contributed by atoms with Crippen LogP contribution in [0.5, 0.6) is 0 Å². The highest BCUT2D eigenvalue weighted by Gasteiger charge is 2.43. The lowest BCUT2D eigenvalue weighted by atomic mass is 9.84. The number of likely N-dealkylation sites (tertiary alicyclic amines) is 1. The van der Waals surface area contributed by atoms with E-state index in [1.54, 1.807) is 6.92 Å². The van der Waals surface area contributed by atoms with Gasteiger partial charge < -0.3 is 10.0 Å². The van der Waals surface area contributed by atoms with Crippen molar-refractivity contribution in [3.05, 3.63) is 0 Å². The number of carboxylic acid groups (broad SMARTS) is 1. The van der Waals surface area contributed by atoms with Crippen molar-refractivity contribution < 1.29 is 18.3 Å². The van der Waals surface area contributed by atoms with Crippen LogP contribution in [0.1, 0.15) is 26.7 Å². The van der Waals surface area contributed by atoms with Crippen molar-refractivity contribution in [3.8, 4) is 0 Å². The van der Waals surface area contributed by atoms with E-state index in [1.807, 2.05) is 11.8 Å². The van der Waals surface area contributed by atoms with Crippen molar-refractivity contribution in [2.75, 3.05) is 31.1 Å². The Morgan fingerprint density at radius 1 is 1.41 bits per heavy atom. The zero-order valence-electron chi connectivity index (χ0n) is 10.5. The van der Waals surface area contributed by atoms with E-state index in [0.29, 0.717) is 32.5 Å². The van der Waals surface area contributed by atoms with E-state index in [-0.39, 0.29) is 11.5 Å². The maximum Gasteiger partial charge on any atom is 0.310 e. The van der Waals surface area contributed by atoms with Gasteiger partial charge in [0.1, 0.15) is 0 Å². The Balaban J connectivity index is 2.54. The molecule has 1 rings (SSSR count). The second kappa shape index (κ2) is 5.35. The number of carboxylic acids is 1. The van der Waals surface area contributed by atoms with Gasteiger partial charge in [-0.3, -0.25) is 4.79 Å². The molecule has 0 aromatic heterocycles. The average Bonchev–Trinajstić information content (AvgIpc) is 2.71. The molecule has 5 nitrogen and oxygen atoms in total. The minimum atomic E-state index is -2.96. The maximum atomic E-state index is 11.4. The molecule has 0 bridgehead atoms. The molecule has 1 unspecified atom stereocenters. The molecule has 1 fully saturated rings. The number of sulfone groups is 1. The van der Waals surface area contributed by atoms with Gasteiger partial charge in [-0.05, 0) is 19.4 Å². The maximum absolute atomic E-state index is 11.4. The zero-order valence-corrected chi connectivity index (χ0v) is 11.3. The third kappa shape index (κ3) is 3.42. The van der Waals surface area contributed by atoms with Crippen molar-refractivity contribution in [1.82, 2.24) is 4.90 Å². The predicted octanol–water partition coefficient (Wildman–Crippen LogP) is 0.608. The van der Waals surface area contributed by atoms with Gasteiger partial charge in [0.2, 0.25) is 0 Å². The summed E-state index contributed by atoms with van der Waals surface area (Å²) in [6, 6.07) is 0. The molecule has 1 aliphatic rings. The van der Waals surface area contributed by atoms with Crippen LogP contribution in [-0.2, 0) is 14.6 Å². The average molecular weight is 263 g/mol. The van der Waals surface area contributed by atoms with Gasteiger partial charge in [0.05, 0.1) is 11.2 Å². The molecule has 0 spiro atoms. The summed E-state index contributed by atoms with van der Waals surface area (Å²) in [4.78, 5) is 13.2. The van der Waals surface area contributed by atoms with E-state index in [1.165, 1.54) is 0 Å². The Hall–Kier alpha value is -0.620. The lowest BCUT2D eigenvalue weighted by Crippen LogP contribution is -2.35. The van der Waals surface area contributed by atoms with Gasteiger partial charge in [0.15, 0.2) is 9.84 Å². The second-order valence-corrected chi connectivity index (χ2v) is 7.17. The van der Waals surface area contributed by atoms with E-state index < -0.39 is 21.2 Å². The number of rotatable bonds is 6. The van der Waals surface area contributed by atoms with Crippen molar-refractivity contribution in [2.45, 2.75) is 26.7 Å². The SMILES string of the molecule is CCC1(C(=O)O)CCN(CCS(=O)(=O)CC)C1. The van der Waals surface area contributed by atoms with E-state index >= 15 is 0 Å². The van der Waals surface area contributed by atoms with Gasteiger partial charge in [-0.15, -0.1) is 0 Å². The first-order chi connectivity index (χ1) is 7.85. The number of nitrogens with zero attached hydrogens (tertiary/aromatic N) is 1. The molecule has 1 aliphatic heterocycles. The van der Waals surface area contributed by atoms with Gasteiger partial charge >= 0.3 is 5.97 Å². The predicted molar refractivity (Wildman–Crippen MR) is 65.7 cm³/mol. The standard InChI is InChI=1S/C11H21NO4S/c1-3-11(10(13)14)5-6-12(9-11)7-8-17(15,16)4-2/h3-9H2,1-2H3,(H,13,14). The van der Waals surface area contributed by atoms with Crippen LogP contribution in [0.4, 0.5) is 0 Å². The highest BCUT2D eigenvalue weighted by atomic mass is 32.2. The van der Waals surface area contributed by atoms with Crippen molar-refractivity contribution in [3.63, 3.8) is 0 Å². The van der Waals surface area contributed by atoms with E-state index in [2.05, 4.69) is 0 Å². The lowest BCUT2D eigenvalue weighted by Gasteiger charge is -2.23. The van der Waals surface area contributed by atoms with Crippen LogP contribution in [0.3, 0.4) is 0 Å². The van der Waals surface area contributed by atoms with Crippen LogP contribution in [0, 0.1) is 5.41 Å². The quantitative estimate of drug-likeness (QED) is 0.760. The molecule has 1 saturated heterocycles. The van der Waals surface area contributed by atoms with Crippen molar-refractivity contribution in [2.24, 2.45) is 5.41 Å². The Labute approximate surface area is 103 Å². The van der Waals surface area contributed by atoms with Gasteiger partial charge in [-0.1, -0.05) is 13.8 Å². The first kappa shape index (κ1) is 14.4. The van der Waals surface area contributed by atoms with Crippen LogP contribution in [0.2, 0.25) is 0 Å². The largest absolute Gasteiger partial charge is 0.481 e. The minimum absolute atomic E-state index is 0.128. The third-order valence-electron chi connectivity index (χ3n) is 3.72. The summed E-state index contributed by atoms with van der Waals surface area (Å²) < 4.78 is 22.8. The van der Waals surface area contributed by atoms with Crippen LogP contribution in [-0.4, -0.2) is 55.5 Å². The minimum Gasteiger partial charge on any atom is -0.481 e. The van der Waals surface area contributed by atoms with E-state index in [9.17, 15) is 18.3 Å². The fourth-order valence-corrected chi connectivity index (χ4v) is 3.00. The summed E-state index contributed by atoms with van der Waals surface area (Å²) in [5.74, 6) is -0.484. The van der Waals surface area contributed by atoms with Crippen molar-refractivity contribution >= 4 is 15.8 Å². The molecular formula is C11H21NO4S. The van der Waals surface area contributed by atoms with Gasteiger partial charge in [0, 0.05) is 18.8 Å². The number of aliphatic carboxylic acids is 1. The Bertz CT molecular complexity index is 379. The van der Waals surface area contributed by atoms with Crippen LogP contribution in [0.25, 0.3) is 0 Å². The third-order valence-corrected chi connectivity index (χ3v) is 5.41. The van der Waals surface area contributed by atoms with E-state index in [0.717, 1.165) is 0 Å². The highest BCUT2D eigenvalue weighted by Crippen LogP contribution is 2.33. The van der Waals surface area contributed by atoms with Crippen molar-refractivity contribution in [1.29, 1.82) is 0 Å². The fraction of sp³-hybridized carbons (Fsp3) is 0.909. The monoisotopic (exact) mass is 263 g/mol. The lowest BCUT2D eigenvalue weighted by molar-refractivity contribution is -0.148. The molecule has 0 aromatic carbocycles. The second-order valence-electron chi connectivity index (χ2n) is 4.70. The van der Waals surface area contributed by atoms with Crippen LogP contribution >= 0.6 is 0 Å². The molecule has 1 heterocycles. The summed E-state index contributed by atoms with van der Waals surface area (Å²) in [5.41, 5.74) is -0.671. The molecule has 0 radical (unpaired) electrons. The topological polar surface area (TPSA) is 74.7 Å². The Morgan fingerprint density at radius 3 is 2.47 bits per heavy atom. The first-order valence-electron chi connectivity index (χ1n) is 6.01. The first-order valence-corrected chi connectivity index (χ1v) is 7.83. The number of hydrogen-bond donors (Lipinski definition) is 1. The normalized spacial score (nSPS) is 26.2. The molecule has 17 heavy (non-hydrogen) atoms. The zero-order chi connectivity index (χ0) is 13.1. The van der Waals surface area contributed by atoms with E-state index in [4.69, 9.17) is 0 Å². The summed E-state index contributed by atoms with van der Waals surface area (Å²) in [6.45, 7) is 5.11. The summed E-state index contributed by atoms with van der Waals surface area (Å²) >= 11 is 0. The molecule has 0 aromatic rings.